The van der Waals surface area contributed by atoms with Gasteiger partial charge in [0.1, 0.15) is 17.1 Å². The van der Waals surface area contributed by atoms with Gasteiger partial charge in [-0.25, -0.2) is 0 Å². The Balaban J connectivity index is 1.96. The number of benzene rings is 2. The first-order chi connectivity index (χ1) is 11.0. The van der Waals surface area contributed by atoms with Crippen LogP contribution in [0.2, 0.25) is 0 Å². The van der Waals surface area contributed by atoms with Crippen LogP contribution in [0.3, 0.4) is 0 Å². The highest BCUT2D eigenvalue weighted by atomic mass is 16.5. The van der Waals surface area contributed by atoms with Gasteiger partial charge in [0.05, 0.1) is 12.2 Å². The highest BCUT2D eigenvalue weighted by Crippen LogP contribution is 2.42. The maximum atomic E-state index is 9.85. The van der Waals surface area contributed by atoms with E-state index >= 15 is 0 Å². The molecule has 3 N–H and O–H groups in total. The highest BCUT2D eigenvalue weighted by molar-refractivity contribution is 5.63. The van der Waals surface area contributed by atoms with Gasteiger partial charge in [0, 0.05) is 18.3 Å². The molecular formula is C19H24N2O2. The Morgan fingerprint density at radius 1 is 1.13 bits per heavy atom. The molecule has 0 unspecified atom stereocenters. The number of rotatable bonds is 4. The third kappa shape index (κ3) is 3.07. The summed E-state index contributed by atoms with van der Waals surface area (Å²) in [7, 11) is 0. The molecule has 0 amide bonds. The van der Waals surface area contributed by atoms with Crippen LogP contribution >= 0.6 is 0 Å². The van der Waals surface area contributed by atoms with E-state index < -0.39 is 0 Å². The molecular weight excluding hydrogens is 288 g/mol. The number of nitrogens with two attached hydrogens (primary N) is 1. The van der Waals surface area contributed by atoms with Crippen molar-refractivity contribution in [2.75, 3.05) is 17.2 Å². The molecule has 2 aromatic rings. The van der Waals surface area contributed by atoms with Crippen LogP contribution in [0.4, 0.5) is 11.4 Å². The summed E-state index contributed by atoms with van der Waals surface area (Å²) in [6.07, 6.45) is 1.89. The van der Waals surface area contributed by atoms with E-state index in [2.05, 4.69) is 18.7 Å². The summed E-state index contributed by atoms with van der Waals surface area (Å²) >= 11 is 0. The lowest BCUT2D eigenvalue weighted by atomic mass is 9.93. The molecule has 0 aliphatic carbocycles. The summed E-state index contributed by atoms with van der Waals surface area (Å²) in [5.74, 6) is 1.10. The van der Waals surface area contributed by atoms with E-state index in [1.807, 2.05) is 30.3 Å². The Morgan fingerprint density at radius 3 is 2.48 bits per heavy atom. The molecule has 0 atom stereocenters. The van der Waals surface area contributed by atoms with E-state index in [9.17, 15) is 5.11 Å². The van der Waals surface area contributed by atoms with Crippen LogP contribution in [0.5, 0.6) is 11.5 Å². The van der Waals surface area contributed by atoms with E-state index in [1.165, 1.54) is 5.56 Å². The number of fused-ring (bicyclic) bond motifs is 1. The molecule has 4 nitrogen and oxygen atoms in total. The summed E-state index contributed by atoms with van der Waals surface area (Å²) in [6, 6.07) is 13.3. The standard InChI is InChI=1S/C19H24N2O2/c1-3-19(4-2)13-21(12-14-5-7-15(20)8-6-14)17-11-16(22)9-10-18(17)23-19/h5-11,22H,3-4,12-13,20H2,1-2H3. The van der Waals surface area contributed by atoms with Gasteiger partial charge in [-0.15, -0.1) is 0 Å². The molecule has 0 saturated carbocycles. The molecule has 0 fully saturated rings. The van der Waals surface area contributed by atoms with Crippen molar-refractivity contribution in [3.05, 3.63) is 48.0 Å². The normalized spacial score (nSPS) is 15.8. The number of hydrogen-bond donors (Lipinski definition) is 2. The quantitative estimate of drug-likeness (QED) is 0.840. The SMILES string of the molecule is CCC1(CC)CN(Cc2ccc(N)cc2)c2cc(O)ccc2O1. The number of nitrogen functional groups attached to an aromatic ring is 1. The Labute approximate surface area is 137 Å². The number of hydrogen-bond acceptors (Lipinski definition) is 4. The fraction of sp³-hybridized carbons (Fsp3) is 0.368. The number of phenols is 1. The maximum absolute atomic E-state index is 9.85. The molecule has 2 aromatic carbocycles. The van der Waals surface area contributed by atoms with E-state index in [4.69, 9.17) is 10.5 Å². The fourth-order valence-corrected chi connectivity index (χ4v) is 3.14. The summed E-state index contributed by atoms with van der Waals surface area (Å²) < 4.78 is 6.29. The van der Waals surface area contributed by atoms with E-state index in [-0.39, 0.29) is 11.4 Å². The predicted molar refractivity (Wildman–Crippen MR) is 94.0 cm³/mol. The minimum atomic E-state index is -0.183. The van der Waals surface area contributed by atoms with Gasteiger partial charge in [-0.2, -0.15) is 0 Å². The molecule has 23 heavy (non-hydrogen) atoms. The zero-order chi connectivity index (χ0) is 16.4. The van der Waals surface area contributed by atoms with Crippen LogP contribution in [0, 0.1) is 0 Å². The molecule has 0 saturated heterocycles. The smallest absolute Gasteiger partial charge is 0.143 e. The van der Waals surface area contributed by atoms with Gasteiger partial charge < -0.3 is 20.5 Å². The van der Waals surface area contributed by atoms with Gasteiger partial charge in [-0.05, 0) is 42.7 Å². The van der Waals surface area contributed by atoms with E-state index in [0.29, 0.717) is 0 Å². The van der Waals surface area contributed by atoms with Crippen LogP contribution < -0.4 is 15.4 Å². The molecule has 1 heterocycles. The Kier molecular flexibility index (Phi) is 4.07. The lowest BCUT2D eigenvalue weighted by Gasteiger charge is -2.44. The van der Waals surface area contributed by atoms with Crippen molar-refractivity contribution in [1.82, 2.24) is 0 Å². The monoisotopic (exact) mass is 312 g/mol. The molecule has 3 rings (SSSR count). The third-order valence-electron chi connectivity index (χ3n) is 4.73. The molecule has 4 heteroatoms. The van der Waals surface area contributed by atoms with Gasteiger partial charge in [0.25, 0.3) is 0 Å². The first-order valence-electron chi connectivity index (χ1n) is 8.16. The Hall–Kier alpha value is -2.36. The average molecular weight is 312 g/mol. The average Bonchev–Trinajstić information content (AvgIpc) is 2.57. The summed E-state index contributed by atoms with van der Waals surface area (Å²) in [4.78, 5) is 2.29. The second kappa shape index (κ2) is 6.03. The van der Waals surface area contributed by atoms with Crippen LogP contribution in [0.25, 0.3) is 0 Å². The van der Waals surface area contributed by atoms with E-state index in [0.717, 1.165) is 43.1 Å². The van der Waals surface area contributed by atoms with Gasteiger partial charge >= 0.3 is 0 Å². The van der Waals surface area contributed by atoms with Crippen molar-refractivity contribution < 1.29 is 9.84 Å². The zero-order valence-corrected chi connectivity index (χ0v) is 13.7. The van der Waals surface area contributed by atoms with Gasteiger partial charge in [-0.1, -0.05) is 26.0 Å². The van der Waals surface area contributed by atoms with Gasteiger partial charge in [-0.3, -0.25) is 0 Å². The molecule has 0 spiro atoms. The van der Waals surface area contributed by atoms with Crippen LogP contribution in [0.15, 0.2) is 42.5 Å². The molecule has 0 radical (unpaired) electrons. The minimum Gasteiger partial charge on any atom is -0.508 e. The second-order valence-corrected chi connectivity index (χ2v) is 6.24. The van der Waals surface area contributed by atoms with Crippen LogP contribution in [-0.2, 0) is 6.54 Å². The molecule has 122 valence electrons. The first-order valence-corrected chi connectivity index (χ1v) is 8.16. The predicted octanol–water partition coefficient (Wildman–Crippen LogP) is 3.93. The molecule has 0 bridgehead atoms. The van der Waals surface area contributed by atoms with Crippen LogP contribution in [-0.4, -0.2) is 17.3 Å². The first kappa shape index (κ1) is 15.5. The van der Waals surface area contributed by atoms with Crippen molar-refractivity contribution in [3.63, 3.8) is 0 Å². The summed E-state index contributed by atoms with van der Waals surface area (Å²) in [6.45, 7) is 5.90. The lowest BCUT2D eigenvalue weighted by molar-refractivity contribution is 0.0569. The summed E-state index contributed by atoms with van der Waals surface area (Å²) in [5, 5.41) is 9.85. The topological polar surface area (TPSA) is 58.7 Å². The van der Waals surface area contributed by atoms with Gasteiger partial charge in [0.2, 0.25) is 0 Å². The van der Waals surface area contributed by atoms with Crippen molar-refractivity contribution in [1.29, 1.82) is 0 Å². The molecule has 0 aromatic heterocycles. The minimum absolute atomic E-state index is 0.183. The Bertz CT molecular complexity index is 678. The summed E-state index contributed by atoms with van der Waals surface area (Å²) in [5.41, 5.74) is 8.50. The highest BCUT2D eigenvalue weighted by Gasteiger charge is 2.37. The number of phenolic OH excluding ortho intramolecular Hbond substituents is 1. The fourth-order valence-electron chi connectivity index (χ4n) is 3.14. The number of nitrogens with zero attached hydrogens (tertiary/aromatic N) is 1. The molecule has 1 aliphatic rings. The second-order valence-electron chi connectivity index (χ2n) is 6.24. The number of anilines is 2. The van der Waals surface area contributed by atoms with Crippen LogP contribution in [0.1, 0.15) is 32.3 Å². The number of ether oxygens (including phenoxy) is 1. The van der Waals surface area contributed by atoms with Crippen molar-refractivity contribution in [3.8, 4) is 11.5 Å². The Morgan fingerprint density at radius 2 is 1.83 bits per heavy atom. The largest absolute Gasteiger partial charge is 0.508 e. The van der Waals surface area contributed by atoms with Crippen molar-refractivity contribution in [2.24, 2.45) is 0 Å². The van der Waals surface area contributed by atoms with Crippen molar-refractivity contribution in [2.45, 2.75) is 38.8 Å². The lowest BCUT2D eigenvalue weighted by Crippen LogP contribution is -2.50. The van der Waals surface area contributed by atoms with Gasteiger partial charge in [0.15, 0.2) is 0 Å². The van der Waals surface area contributed by atoms with Crippen molar-refractivity contribution >= 4 is 11.4 Å². The van der Waals surface area contributed by atoms with E-state index in [1.54, 1.807) is 12.1 Å². The number of aromatic hydroxyl groups is 1. The zero-order valence-electron chi connectivity index (χ0n) is 13.7. The maximum Gasteiger partial charge on any atom is 0.143 e. The molecule has 1 aliphatic heterocycles. The third-order valence-corrected chi connectivity index (χ3v) is 4.73.